The molecule has 2 aliphatic heterocycles. The average molecular weight is 935 g/mol. The highest BCUT2D eigenvalue weighted by Gasteiger charge is 2.55. The number of oxime groups is 1. The van der Waals surface area contributed by atoms with Crippen molar-refractivity contribution in [1.82, 2.24) is 10.6 Å². The van der Waals surface area contributed by atoms with E-state index >= 15 is 0 Å². The molecule has 3 aromatic rings. The Hall–Kier alpha value is -4.62. The summed E-state index contributed by atoms with van der Waals surface area (Å²) in [5, 5.41) is 43.8. The number of piperidine rings is 2. The molecule has 12 atom stereocenters. The van der Waals surface area contributed by atoms with Crippen LogP contribution in [-0.2, 0) is 39.2 Å². The van der Waals surface area contributed by atoms with Crippen molar-refractivity contribution in [2.45, 2.75) is 165 Å². The van der Waals surface area contributed by atoms with E-state index in [0.717, 1.165) is 88.3 Å². The molecule has 0 bridgehead atoms. The van der Waals surface area contributed by atoms with Crippen LogP contribution in [0.25, 0.3) is 0 Å². The molecule has 7 aliphatic carbocycles. The number of carbonyl (C=O) groups excluding carboxylic acids is 2. The number of nitrogens with two attached hydrogens (primary N) is 1. The van der Waals surface area contributed by atoms with Crippen LogP contribution in [-0.4, -0.2) is 52.4 Å². The first-order valence-electron chi connectivity index (χ1n) is 25.3. The van der Waals surface area contributed by atoms with Crippen molar-refractivity contribution < 1.29 is 37.6 Å². The predicted octanol–water partition coefficient (Wildman–Crippen LogP) is 9.19. The molecular formula is C54H70N4O8S. The van der Waals surface area contributed by atoms with E-state index in [1.165, 1.54) is 53.5 Å². The Morgan fingerprint density at radius 1 is 0.582 bits per heavy atom. The Bertz CT molecular complexity index is 2580. The minimum atomic E-state index is -4.00. The Morgan fingerprint density at radius 3 is 1.49 bits per heavy atom. The number of nitrogens with one attached hydrogen (secondary N) is 2. The van der Waals surface area contributed by atoms with Crippen LogP contribution < -0.4 is 20.0 Å². The molecule has 2 saturated heterocycles. The zero-order valence-corrected chi connectivity index (χ0v) is 40.3. The molecule has 6 fully saturated rings. The topological polar surface area (TPSA) is 201 Å². The number of aromatic hydroxyl groups is 2. The van der Waals surface area contributed by atoms with Gasteiger partial charge in [0.05, 0.1) is 5.71 Å². The van der Waals surface area contributed by atoms with Gasteiger partial charge in [0.2, 0.25) is 11.8 Å². The van der Waals surface area contributed by atoms with E-state index in [2.05, 4.69) is 48.7 Å². The minimum Gasteiger partial charge on any atom is -0.508 e. The summed E-state index contributed by atoms with van der Waals surface area (Å²) in [4.78, 5) is 23.6. The molecule has 2 heterocycles. The minimum absolute atomic E-state index is 0.00488. The number of carbonyl (C=O) groups is 2. The van der Waals surface area contributed by atoms with Gasteiger partial charge < -0.3 is 30.2 Å². The zero-order chi connectivity index (χ0) is 47.0. The van der Waals surface area contributed by atoms with Crippen LogP contribution >= 0.6 is 0 Å². The molecule has 2 amide bonds. The molecule has 0 spiro atoms. The maximum absolute atomic E-state index is 11.8. The van der Waals surface area contributed by atoms with Gasteiger partial charge in [-0.2, -0.15) is 13.6 Å². The first kappa shape index (κ1) is 46.1. The quantitative estimate of drug-likeness (QED) is 0.108. The van der Waals surface area contributed by atoms with Crippen LogP contribution in [0.3, 0.4) is 0 Å². The van der Waals surface area contributed by atoms with Gasteiger partial charge >= 0.3 is 10.3 Å². The largest absolute Gasteiger partial charge is 0.508 e. The maximum Gasteiger partial charge on any atom is 0.380 e. The monoisotopic (exact) mass is 934 g/mol. The standard InChI is InChI=1S/C18H24N2O4S.2C18H23NO2/c1-18-9-8-14-13-5-3-12(24-25(19,22)23)10-11(13)2-4-15(14)16(18)6-7-17(21)20-18;1-18-9-8-14-13-5-3-12(20)10-11(13)2-4-15(14)16(18)6-7-17(21)19-18;1-18-9-8-14-13-5-3-12(20)10-11(13)2-4-15(14)16(18)6-7-17(18)19-21/h3,5,10,14-16H,2,4,6-9H2,1H3,(H,20,21)(H2,19,22,23);3,5,10,14-16,20H,2,4,6-9H2,1H3,(H,19,21);3,5,10,14-16,20-21H,2,4,6-9H2,1H3/b;;19-17+/t3*14?,15?,16?,18-/m000/s1. The smallest absolute Gasteiger partial charge is 0.380 e. The number of nitrogens with zero attached hydrogens (tertiary/aromatic N) is 1. The molecule has 360 valence electrons. The van der Waals surface area contributed by atoms with Gasteiger partial charge in [0.15, 0.2) is 0 Å². The lowest BCUT2D eigenvalue weighted by atomic mass is 9.55. The van der Waals surface area contributed by atoms with E-state index in [1.54, 1.807) is 6.07 Å². The second kappa shape index (κ2) is 17.4. The number of benzene rings is 3. The summed E-state index contributed by atoms with van der Waals surface area (Å²) in [6, 6.07) is 17.3. The van der Waals surface area contributed by atoms with Crippen molar-refractivity contribution in [2.24, 2.45) is 51.2 Å². The normalized spacial score (nSPS) is 37.1. The van der Waals surface area contributed by atoms with Crippen LogP contribution in [0.15, 0.2) is 59.8 Å². The Kier molecular flexibility index (Phi) is 12.0. The van der Waals surface area contributed by atoms with Crippen molar-refractivity contribution in [3.8, 4) is 17.2 Å². The van der Waals surface area contributed by atoms with Gasteiger partial charge in [-0.05, 0) is 240 Å². The van der Waals surface area contributed by atoms with Gasteiger partial charge in [-0.15, -0.1) is 0 Å². The molecule has 67 heavy (non-hydrogen) atoms. The second-order valence-corrected chi connectivity index (χ2v) is 23.7. The van der Waals surface area contributed by atoms with Gasteiger partial charge in [0.25, 0.3) is 0 Å². The highest BCUT2D eigenvalue weighted by atomic mass is 32.2. The van der Waals surface area contributed by atoms with Crippen molar-refractivity contribution in [3.63, 3.8) is 0 Å². The fourth-order valence-electron chi connectivity index (χ4n) is 16.2. The summed E-state index contributed by atoms with van der Waals surface area (Å²) >= 11 is 0. The Balaban J connectivity index is 0.000000118. The molecule has 12 nitrogen and oxygen atoms in total. The summed E-state index contributed by atoms with van der Waals surface area (Å²) < 4.78 is 27.1. The number of amides is 2. The van der Waals surface area contributed by atoms with E-state index in [9.17, 15) is 33.4 Å². The number of hydrogen-bond donors (Lipinski definition) is 6. The van der Waals surface area contributed by atoms with Gasteiger partial charge in [0, 0.05) is 29.3 Å². The zero-order valence-electron chi connectivity index (χ0n) is 39.4. The van der Waals surface area contributed by atoms with E-state index in [-0.39, 0.29) is 34.1 Å². The van der Waals surface area contributed by atoms with E-state index < -0.39 is 10.3 Å². The average Bonchev–Trinajstić information content (AvgIpc) is 3.63. The second-order valence-electron chi connectivity index (χ2n) is 22.6. The number of fused-ring (bicyclic) bond motifs is 15. The molecule has 12 rings (SSSR count). The first-order valence-corrected chi connectivity index (χ1v) is 26.7. The van der Waals surface area contributed by atoms with Crippen LogP contribution in [0.4, 0.5) is 0 Å². The molecule has 3 aromatic carbocycles. The van der Waals surface area contributed by atoms with Crippen molar-refractivity contribution in [3.05, 3.63) is 88.0 Å². The number of phenols is 2. The number of rotatable bonds is 2. The lowest BCUT2D eigenvalue weighted by Gasteiger charge is -2.54. The van der Waals surface area contributed by atoms with Gasteiger partial charge in [0.1, 0.15) is 17.2 Å². The van der Waals surface area contributed by atoms with Gasteiger partial charge in [-0.3, -0.25) is 9.59 Å². The third-order valence-corrected chi connectivity index (χ3v) is 19.6. The summed E-state index contributed by atoms with van der Waals surface area (Å²) in [5.74, 6) is 6.92. The molecule has 7 N–H and O–H groups in total. The summed E-state index contributed by atoms with van der Waals surface area (Å²) in [6.45, 7) is 6.75. The van der Waals surface area contributed by atoms with Gasteiger partial charge in [-0.25, -0.2) is 0 Å². The van der Waals surface area contributed by atoms with Crippen molar-refractivity contribution >= 4 is 27.8 Å². The van der Waals surface area contributed by atoms with Crippen LogP contribution in [0.1, 0.15) is 168 Å². The van der Waals surface area contributed by atoms with Crippen molar-refractivity contribution in [2.75, 3.05) is 0 Å². The summed E-state index contributed by atoms with van der Waals surface area (Å²) in [6.07, 6.45) is 18.5. The van der Waals surface area contributed by atoms with Crippen LogP contribution in [0, 0.1) is 40.9 Å². The number of aryl methyl sites for hydroxylation is 3. The number of phenolic OH excluding ortho intramolecular Hbond substituents is 2. The summed E-state index contributed by atoms with van der Waals surface area (Å²) in [7, 11) is -4.00. The lowest BCUT2D eigenvalue weighted by molar-refractivity contribution is -0.130. The molecule has 4 saturated carbocycles. The molecule has 9 unspecified atom stereocenters. The fraction of sp³-hybridized carbons (Fsp3) is 0.611. The highest BCUT2D eigenvalue weighted by Crippen LogP contribution is 2.60. The molecule has 0 radical (unpaired) electrons. The third kappa shape index (κ3) is 8.52. The Morgan fingerprint density at radius 2 is 1.01 bits per heavy atom. The molecule has 9 aliphatic rings. The van der Waals surface area contributed by atoms with Gasteiger partial charge in [-0.1, -0.05) is 30.3 Å². The third-order valence-electron chi connectivity index (χ3n) is 19.2. The molecular weight excluding hydrogens is 865 g/mol. The van der Waals surface area contributed by atoms with E-state index in [0.29, 0.717) is 77.6 Å². The molecule has 0 aromatic heterocycles. The van der Waals surface area contributed by atoms with Crippen molar-refractivity contribution in [1.29, 1.82) is 0 Å². The van der Waals surface area contributed by atoms with Crippen LogP contribution in [0.5, 0.6) is 17.2 Å². The van der Waals surface area contributed by atoms with Crippen LogP contribution in [0.2, 0.25) is 0 Å². The summed E-state index contributed by atoms with van der Waals surface area (Å²) in [5.41, 5.74) is 9.11. The lowest BCUT2D eigenvalue weighted by Crippen LogP contribution is -2.60. The predicted molar refractivity (Wildman–Crippen MR) is 256 cm³/mol. The SMILES string of the molecule is C[C@]12CCC3c4ccc(O)cc4CCC3C1CC/C2=N\O.C[C@]12CCC3c4ccc(O)cc4CCC3C1CCC(=O)N2.C[C@]12CCC3c4ccc(OS(N)(=O)=O)cc4CCC3C1CCC(=O)N2. The molecule has 13 heteroatoms. The Labute approximate surface area is 396 Å². The number of hydrogen-bond acceptors (Lipinski definition) is 9. The van der Waals surface area contributed by atoms with E-state index in [4.69, 9.17) is 9.32 Å². The first-order chi connectivity index (χ1) is 31.9. The maximum atomic E-state index is 11.8. The van der Waals surface area contributed by atoms with E-state index in [1.807, 2.05) is 36.4 Å². The highest BCUT2D eigenvalue weighted by molar-refractivity contribution is 7.84. The fourth-order valence-corrected chi connectivity index (χ4v) is 16.6.